The van der Waals surface area contributed by atoms with E-state index in [0.29, 0.717) is 0 Å². The second-order valence-corrected chi connectivity index (χ2v) is 21.1. The van der Waals surface area contributed by atoms with E-state index >= 15 is 0 Å². The summed E-state index contributed by atoms with van der Waals surface area (Å²) in [6.45, 7) is 18.6. The molecule has 0 aromatic carbocycles. The first-order valence-electron chi connectivity index (χ1n) is 13.9. The zero-order valence-electron chi connectivity index (χ0n) is 25.3. The standard InChI is InChI=1S/2C16H21N2Si.2ClH.Ru/c2*1-12(2)19(13(3)4)14-8-9-16(18-11-14)15-7-5-6-10-17-15;;;/h2*5-13H,1-4H3;2*1H;/q;;;;+2/p-2. The molecular weight excluding hydrogens is 669 g/mol. The van der Waals surface area contributed by atoms with Gasteiger partial charge in [0.05, 0.1) is 40.4 Å². The van der Waals surface area contributed by atoms with Crippen molar-refractivity contribution in [2.45, 2.75) is 77.6 Å². The molecule has 0 bridgehead atoms. The van der Waals surface area contributed by atoms with E-state index in [-0.39, 0.29) is 15.1 Å². The van der Waals surface area contributed by atoms with Gasteiger partial charge in [0.15, 0.2) is 0 Å². The minimum absolute atomic E-state index is 0.346. The van der Waals surface area contributed by atoms with Crippen molar-refractivity contribution in [2.24, 2.45) is 0 Å². The first kappa shape index (κ1) is 35.4. The molecule has 9 heteroatoms. The molecule has 0 aliphatic heterocycles. The van der Waals surface area contributed by atoms with Crippen molar-refractivity contribution in [3.05, 3.63) is 85.5 Å². The molecule has 0 aliphatic carbocycles. The summed E-state index contributed by atoms with van der Waals surface area (Å²) in [6, 6.07) is 20.5. The van der Waals surface area contributed by atoms with Crippen molar-refractivity contribution >= 4 is 47.3 Å². The van der Waals surface area contributed by atoms with Crippen molar-refractivity contribution in [3.8, 4) is 22.8 Å². The molecule has 0 spiro atoms. The molecule has 0 saturated heterocycles. The Balaban J connectivity index is 0.000000262. The topological polar surface area (TPSA) is 51.6 Å². The van der Waals surface area contributed by atoms with Gasteiger partial charge < -0.3 is 0 Å². The van der Waals surface area contributed by atoms with Crippen LogP contribution in [-0.4, -0.2) is 37.5 Å². The summed E-state index contributed by atoms with van der Waals surface area (Å²) in [5, 5.41) is 2.85. The van der Waals surface area contributed by atoms with Gasteiger partial charge in [0, 0.05) is 24.8 Å². The molecule has 4 aromatic rings. The third-order valence-corrected chi connectivity index (χ3v) is 13.4. The van der Waals surface area contributed by atoms with E-state index in [0.717, 1.165) is 44.9 Å². The van der Waals surface area contributed by atoms with E-state index in [1.807, 2.05) is 48.8 Å². The van der Waals surface area contributed by atoms with Crippen LogP contribution in [0.2, 0.25) is 22.2 Å². The van der Waals surface area contributed by atoms with Crippen LogP contribution in [0.4, 0.5) is 0 Å². The summed E-state index contributed by atoms with van der Waals surface area (Å²) in [7, 11) is 8.63. The molecule has 0 fully saturated rings. The van der Waals surface area contributed by atoms with Crippen LogP contribution in [0.15, 0.2) is 85.5 Å². The molecule has 2 radical (unpaired) electrons. The van der Waals surface area contributed by atoms with E-state index in [1.54, 1.807) is 0 Å². The number of aromatic nitrogens is 4. The van der Waals surface area contributed by atoms with Crippen LogP contribution in [0.3, 0.4) is 0 Å². The average Bonchev–Trinajstić information content (AvgIpc) is 2.95. The summed E-state index contributed by atoms with van der Waals surface area (Å²) in [5.41, 5.74) is 6.71. The fourth-order valence-electron chi connectivity index (χ4n) is 5.13. The number of hydrogen-bond acceptors (Lipinski definition) is 4. The van der Waals surface area contributed by atoms with Crippen LogP contribution in [0.1, 0.15) is 55.4 Å². The van der Waals surface area contributed by atoms with Gasteiger partial charge in [-0.15, -0.1) is 0 Å². The molecule has 4 heterocycles. The van der Waals surface area contributed by atoms with Gasteiger partial charge in [0.2, 0.25) is 0 Å². The quantitative estimate of drug-likeness (QED) is 0.172. The maximum atomic E-state index is 4.85. The van der Waals surface area contributed by atoms with Gasteiger partial charge in [-0.2, -0.15) is 0 Å². The first-order chi connectivity index (χ1) is 19.6. The Labute approximate surface area is 266 Å². The minimum atomic E-state index is -0.537. The van der Waals surface area contributed by atoms with Gasteiger partial charge in [-0.1, -0.05) is 79.7 Å². The number of halogens is 2. The second kappa shape index (κ2) is 18.7. The van der Waals surface area contributed by atoms with Crippen molar-refractivity contribution in [1.82, 2.24) is 19.9 Å². The summed E-state index contributed by atoms with van der Waals surface area (Å²) in [4.78, 5) is 17.9. The van der Waals surface area contributed by atoms with Crippen LogP contribution in [0, 0.1) is 0 Å². The second-order valence-electron chi connectivity index (χ2n) is 10.9. The van der Waals surface area contributed by atoms with Gasteiger partial charge in [-0.05, 0) is 68.9 Å². The molecule has 0 atom stereocenters. The molecule has 0 unspecified atom stereocenters. The molecule has 4 rings (SSSR count). The van der Waals surface area contributed by atoms with Gasteiger partial charge in [0.25, 0.3) is 0 Å². The fraction of sp³-hybridized carbons (Fsp3) is 0.375. The SMILES string of the molecule is CC(C)[Si](c1ccc(-c2ccccn2)nc1)C(C)C.CC(C)[Si](c1ccc(-c2ccccn2)nc1)C(C)C.[Cl][Ru][Cl]. The van der Waals surface area contributed by atoms with Crippen LogP contribution >= 0.6 is 19.4 Å². The third-order valence-electron chi connectivity index (χ3n) is 6.54. The van der Waals surface area contributed by atoms with Crippen molar-refractivity contribution in [2.75, 3.05) is 0 Å². The number of nitrogens with zero attached hydrogens (tertiary/aromatic N) is 4. The van der Waals surface area contributed by atoms with Gasteiger partial charge in [0.1, 0.15) is 0 Å². The Morgan fingerprint density at radius 1 is 0.488 bits per heavy atom. The Bertz CT molecular complexity index is 1130. The fourth-order valence-corrected chi connectivity index (χ4v) is 11.4. The summed E-state index contributed by atoms with van der Waals surface area (Å²) in [5.74, 6) is 0. The summed E-state index contributed by atoms with van der Waals surface area (Å²) in [6.07, 6.45) is 7.72. The van der Waals surface area contributed by atoms with Crippen LogP contribution in [-0.2, 0) is 15.1 Å². The van der Waals surface area contributed by atoms with E-state index in [1.165, 1.54) is 10.4 Å². The summed E-state index contributed by atoms with van der Waals surface area (Å²) >= 11 is -0.346. The van der Waals surface area contributed by atoms with E-state index < -0.39 is 17.6 Å². The molecule has 4 nitrogen and oxygen atoms in total. The Morgan fingerprint density at radius 2 is 0.805 bits per heavy atom. The zero-order chi connectivity index (χ0) is 30.4. The van der Waals surface area contributed by atoms with Crippen molar-refractivity contribution in [3.63, 3.8) is 0 Å². The Morgan fingerprint density at radius 3 is 1.02 bits per heavy atom. The number of hydrogen-bond donors (Lipinski definition) is 0. The zero-order valence-corrected chi connectivity index (χ0v) is 30.5. The maximum absolute atomic E-state index is 4.85. The van der Waals surface area contributed by atoms with Crippen molar-refractivity contribution < 1.29 is 15.1 Å². The monoisotopic (exact) mass is 710 g/mol. The van der Waals surface area contributed by atoms with Gasteiger partial charge in [-0.3, -0.25) is 19.9 Å². The van der Waals surface area contributed by atoms with E-state index in [9.17, 15) is 0 Å². The molecule has 0 aliphatic rings. The predicted molar refractivity (Wildman–Crippen MR) is 178 cm³/mol. The van der Waals surface area contributed by atoms with E-state index in [2.05, 4.69) is 112 Å². The van der Waals surface area contributed by atoms with Gasteiger partial charge >= 0.3 is 34.5 Å². The normalized spacial score (nSPS) is 11.2. The Kier molecular flexibility index (Phi) is 16.2. The first-order valence-corrected chi connectivity index (χ1v) is 21.7. The predicted octanol–water partition coefficient (Wildman–Crippen LogP) is 8.71. The van der Waals surface area contributed by atoms with Crippen LogP contribution in [0.25, 0.3) is 22.8 Å². The van der Waals surface area contributed by atoms with E-state index in [4.69, 9.17) is 19.4 Å². The Hall–Kier alpha value is -1.76. The molecule has 0 amide bonds. The molecule has 0 saturated carbocycles. The molecule has 220 valence electrons. The molecule has 0 N–H and O–H groups in total. The number of rotatable bonds is 8. The summed E-state index contributed by atoms with van der Waals surface area (Å²) < 4.78 is 0. The third kappa shape index (κ3) is 11.4. The molecular formula is C32H42Cl2N4RuSi2. The average molecular weight is 711 g/mol. The van der Waals surface area contributed by atoms with Crippen LogP contribution in [0.5, 0.6) is 0 Å². The van der Waals surface area contributed by atoms with Crippen LogP contribution < -0.4 is 10.4 Å². The van der Waals surface area contributed by atoms with Gasteiger partial charge in [-0.25, -0.2) is 0 Å². The molecule has 4 aromatic heterocycles. The number of pyridine rings is 4. The van der Waals surface area contributed by atoms with Crippen molar-refractivity contribution in [1.29, 1.82) is 0 Å². The molecule has 41 heavy (non-hydrogen) atoms.